The van der Waals surface area contributed by atoms with Crippen molar-refractivity contribution >= 4 is 31.9 Å². The molecule has 0 bridgehead atoms. The maximum Gasteiger partial charge on any atom is 0.0932 e. The van der Waals surface area contributed by atoms with Gasteiger partial charge in [-0.2, -0.15) is 0 Å². The van der Waals surface area contributed by atoms with E-state index in [1.165, 1.54) is 0 Å². The third kappa shape index (κ3) is 2.28. The van der Waals surface area contributed by atoms with Gasteiger partial charge < -0.3 is 10.4 Å². The Morgan fingerprint density at radius 1 is 1.20 bits per heavy atom. The molecule has 4 heteroatoms. The van der Waals surface area contributed by atoms with Gasteiger partial charge in [0.2, 0.25) is 0 Å². The molecule has 0 aliphatic carbocycles. The summed E-state index contributed by atoms with van der Waals surface area (Å²) < 4.78 is 1.96. The zero-order valence-corrected chi connectivity index (χ0v) is 11.4. The highest BCUT2D eigenvalue weighted by atomic mass is 79.9. The highest BCUT2D eigenvalue weighted by molar-refractivity contribution is 9.13. The van der Waals surface area contributed by atoms with E-state index in [0.29, 0.717) is 0 Å². The van der Waals surface area contributed by atoms with E-state index in [1.54, 1.807) is 0 Å². The van der Waals surface area contributed by atoms with Crippen LogP contribution < -0.4 is 5.32 Å². The average Bonchev–Trinajstić information content (AvgIpc) is 2.23. The molecule has 1 aliphatic rings. The molecular weight excluding hydrogens is 322 g/mol. The fraction of sp³-hybridized carbons (Fsp3) is 0.455. The number of halogens is 2. The molecule has 1 aliphatic heterocycles. The fourth-order valence-electron chi connectivity index (χ4n) is 1.97. The van der Waals surface area contributed by atoms with Crippen LogP contribution in [0.1, 0.15) is 18.4 Å². The van der Waals surface area contributed by atoms with Crippen molar-refractivity contribution in [3.8, 4) is 0 Å². The van der Waals surface area contributed by atoms with Crippen molar-refractivity contribution in [2.45, 2.75) is 18.4 Å². The van der Waals surface area contributed by atoms with E-state index in [4.69, 9.17) is 0 Å². The zero-order chi connectivity index (χ0) is 10.9. The SMILES string of the molecule is OC1(c2cccc(Br)c2Br)CCNCC1. The van der Waals surface area contributed by atoms with Gasteiger partial charge in [0.15, 0.2) is 0 Å². The molecule has 2 N–H and O–H groups in total. The van der Waals surface area contributed by atoms with Gasteiger partial charge in [-0.05, 0) is 69.4 Å². The molecule has 0 saturated carbocycles. The van der Waals surface area contributed by atoms with Crippen molar-refractivity contribution in [2.75, 3.05) is 13.1 Å². The molecular formula is C11H13Br2NO. The first-order valence-electron chi connectivity index (χ1n) is 5.01. The van der Waals surface area contributed by atoms with E-state index in [0.717, 1.165) is 40.4 Å². The first-order valence-corrected chi connectivity index (χ1v) is 6.60. The number of rotatable bonds is 1. The fourth-order valence-corrected chi connectivity index (χ4v) is 2.97. The minimum absolute atomic E-state index is 0.687. The normalized spacial score (nSPS) is 20.2. The van der Waals surface area contributed by atoms with Gasteiger partial charge in [0.25, 0.3) is 0 Å². The second kappa shape index (κ2) is 4.53. The molecule has 1 aromatic rings. The maximum atomic E-state index is 10.6. The minimum Gasteiger partial charge on any atom is -0.385 e. The van der Waals surface area contributed by atoms with Crippen LogP contribution in [-0.4, -0.2) is 18.2 Å². The second-order valence-electron chi connectivity index (χ2n) is 3.88. The summed E-state index contributed by atoms with van der Waals surface area (Å²) in [6, 6.07) is 5.92. The Morgan fingerprint density at radius 2 is 1.87 bits per heavy atom. The molecule has 15 heavy (non-hydrogen) atoms. The van der Waals surface area contributed by atoms with Crippen molar-refractivity contribution in [3.05, 3.63) is 32.7 Å². The molecule has 1 fully saturated rings. The van der Waals surface area contributed by atoms with Crippen molar-refractivity contribution < 1.29 is 5.11 Å². The number of aliphatic hydroxyl groups is 1. The lowest BCUT2D eigenvalue weighted by Gasteiger charge is -2.34. The number of hydrogen-bond donors (Lipinski definition) is 2. The van der Waals surface area contributed by atoms with Gasteiger partial charge in [-0.25, -0.2) is 0 Å². The van der Waals surface area contributed by atoms with Crippen LogP contribution in [0.25, 0.3) is 0 Å². The predicted molar refractivity (Wildman–Crippen MR) is 67.8 cm³/mol. The van der Waals surface area contributed by atoms with Gasteiger partial charge >= 0.3 is 0 Å². The molecule has 2 rings (SSSR count). The van der Waals surface area contributed by atoms with E-state index >= 15 is 0 Å². The average molecular weight is 335 g/mol. The lowest BCUT2D eigenvalue weighted by Crippen LogP contribution is -2.39. The van der Waals surface area contributed by atoms with Crippen LogP contribution in [0, 0.1) is 0 Å². The predicted octanol–water partition coefficient (Wildman–Crippen LogP) is 2.78. The number of benzene rings is 1. The van der Waals surface area contributed by atoms with Crippen LogP contribution in [0.2, 0.25) is 0 Å². The lowest BCUT2D eigenvalue weighted by atomic mass is 9.85. The van der Waals surface area contributed by atoms with Crippen molar-refractivity contribution in [1.82, 2.24) is 5.32 Å². The molecule has 1 aromatic carbocycles. The highest BCUT2D eigenvalue weighted by Gasteiger charge is 2.33. The van der Waals surface area contributed by atoms with Crippen molar-refractivity contribution in [3.63, 3.8) is 0 Å². The minimum atomic E-state index is -0.687. The first-order chi connectivity index (χ1) is 7.13. The standard InChI is InChI=1S/C11H13Br2NO/c12-9-3-1-2-8(10(9)13)11(15)4-6-14-7-5-11/h1-3,14-15H,4-7H2. The van der Waals surface area contributed by atoms with Gasteiger partial charge in [-0.1, -0.05) is 12.1 Å². The Labute approximate surface area is 106 Å². The van der Waals surface area contributed by atoms with E-state index in [9.17, 15) is 5.11 Å². The van der Waals surface area contributed by atoms with Gasteiger partial charge in [0.05, 0.1) is 5.60 Å². The van der Waals surface area contributed by atoms with Crippen LogP contribution in [-0.2, 0) is 5.60 Å². The van der Waals surface area contributed by atoms with Crippen molar-refractivity contribution in [2.24, 2.45) is 0 Å². The number of hydrogen-bond acceptors (Lipinski definition) is 2. The summed E-state index contributed by atoms with van der Waals surface area (Å²) in [7, 11) is 0. The van der Waals surface area contributed by atoms with Crippen LogP contribution in [0.3, 0.4) is 0 Å². The monoisotopic (exact) mass is 333 g/mol. The van der Waals surface area contributed by atoms with Gasteiger partial charge in [-0.3, -0.25) is 0 Å². The first kappa shape index (κ1) is 11.6. The highest BCUT2D eigenvalue weighted by Crippen LogP contribution is 2.38. The third-order valence-corrected chi connectivity index (χ3v) is 4.93. The third-order valence-electron chi connectivity index (χ3n) is 2.88. The molecule has 0 radical (unpaired) electrons. The van der Waals surface area contributed by atoms with E-state index in [2.05, 4.69) is 37.2 Å². The molecule has 0 atom stereocenters. The summed E-state index contributed by atoms with van der Waals surface area (Å²) in [5.74, 6) is 0. The summed E-state index contributed by atoms with van der Waals surface area (Å²) in [6.07, 6.45) is 1.53. The van der Waals surface area contributed by atoms with Crippen LogP contribution >= 0.6 is 31.9 Å². The smallest absolute Gasteiger partial charge is 0.0932 e. The second-order valence-corrected chi connectivity index (χ2v) is 5.53. The van der Waals surface area contributed by atoms with Gasteiger partial charge in [0.1, 0.15) is 0 Å². The van der Waals surface area contributed by atoms with Crippen LogP contribution in [0.4, 0.5) is 0 Å². The summed E-state index contributed by atoms with van der Waals surface area (Å²) >= 11 is 6.99. The van der Waals surface area contributed by atoms with Crippen molar-refractivity contribution in [1.29, 1.82) is 0 Å². The maximum absolute atomic E-state index is 10.6. The molecule has 0 unspecified atom stereocenters. The quantitative estimate of drug-likeness (QED) is 0.827. The number of piperidine rings is 1. The van der Waals surface area contributed by atoms with E-state index in [-0.39, 0.29) is 0 Å². The van der Waals surface area contributed by atoms with Crippen LogP contribution in [0.5, 0.6) is 0 Å². The van der Waals surface area contributed by atoms with Gasteiger partial charge in [0, 0.05) is 8.95 Å². The Morgan fingerprint density at radius 3 is 2.53 bits per heavy atom. The molecule has 0 amide bonds. The molecule has 0 aromatic heterocycles. The molecule has 82 valence electrons. The summed E-state index contributed by atoms with van der Waals surface area (Å²) in [4.78, 5) is 0. The molecule has 1 saturated heterocycles. The molecule has 2 nitrogen and oxygen atoms in total. The summed E-state index contributed by atoms with van der Waals surface area (Å²) in [6.45, 7) is 1.74. The Hall–Kier alpha value is 0.1000. The number of nitrogens with one attached hydrogen (secondary N) is 1. The largest absolute Gasteiger partial charge is 0.385 e. The topological polar surface area (TPSA) is 32.3 Å². The van der Waals surface area contributed by atoms with Gasteiger partial charge in [-0.15, -0.1) is 0 Å². The summed E-state index contributed by atoms with van der Waals surface area (Å²) in [5.41, 5.74) is 0.298. The molecule has 0 spiro atoms. The zero-order valence-electron chi connectivity index (χ0n) is 8.26. The van der Waals surface area contributed by atoms with Crippen LogP contribution in [0.15, 0.2) is 27.1 Å². The molecule has 1 heterocycles. The Bertz CT molecular complexity index is 362. The Balaban J connectivity index is 2.39. The lowest BCUT2D eigenvalue weighted by molar-refractivity contribution is 0.00521. The summed E-state index contributed by atoms with van der Waals surface area (Å²) in [5, 5.41) is 13.8. The van der Waals surface area contributed by atoms with E-state index < -0.39 is 5.60 Å². The Kier molecular flexibility index (Phi) is 3.50. The van der Waals surface area contributed by atoms with E-state index in [1.807, 2.05) is 18.2 Å².